The third-order valence-corrected chi connectivity index (χ3v) is 4.85. The van der Waals surface area contributed by atoms with E-state index in [1.165, 1.54) is 11.1 Å². The number of anilines is 1. The molecule has 4 rings (SSSR count). The molecule has 3 aromatic rings. The number of hydrogen-bond acceptors (Lipinski definition) is 3. The van der Waals surface area contributed by atoms with Gasteiger partial charge in [0.25, 0.3) is 5.91 Å². The van der Waals surface area contributed by atoms with Crippen LogP contribution in [-0.2, 0) is 12.8 Å². The van der Waals surface area contributed by atoms with E-state index < -0.39 is 0 Å². The van der Waals surface area contributed by atoms with Crippen LogP contribution in [0.4, 0.5) is 5.69 Å². The molecule has 1 aliphatic rings. The van der Waals surface area contributed by atoms with Crippen LogP contribution in [0.2, 0.25) is 0 Å². The van der Waals surface area contributed by atoms with Gasteiger partial charge in [0.15, 0.2) is 5.76 Å². The number of carbonyl (C=O) groups excluding carboxylic acids is 1. The minimum atomic E-state index is -0.217. The Labute approximate surface area is 146 Å². The van der Waals surface area contributed by atoms with Crippen LogP contribution < -0.4 is 5.32 Å². The first-order valence-electron chi connectivity index (χ1n) is 8.60. The average Bonchev–Trinajstić information content (AvgIpc) is 3.19. The number of carbonyl (C=O) groups is 1. The van der Waals surface area contributed by atoms with Crippen molar-refractivity contribution in [3.05, 3.63) is 58.7 Å². The summed E-state index contributed by atoms with van der Waals surface area (Å²) in [6.07, 6.45) is 3.52. The van der Waals surface area contributed by atoms with Crippen LogP contribution in [0.3, 0.4) is 0 Å². The summed E-state index contributed by atoms with van der Waals surface area (Å²) in [6.45, 7) is 6.22. The molecule has 0 unspecified atom stereocenters. The number of aromatic nitrogens is 2. The molecule has 5 heteroatoms. The third-order valence-electron chi connectivity index (χ3n) is 4.85. The van der Waals surface area contributed by atoms with E-state index in [0.29, 0.717) is 11.7 Å². The summed E-state index contributed by atoms with van der Waals surface area (Å²) in [5.74, 6) is 1.48. The van der Waals surface area contributed by atoms with E-state index in [9.17, 15) is 4.79 Å². The van der Waals surface area contributed by atoms with Crippen molar-refractivity contribution in [3.63, 3.8) is 0 Å². The normalized spacial score (nSPS) is 12.8. The zero-order valence-corrected chi connectivity index (χ0v) is 14.6. The van der Waals surface area contributed by atoms with Gasteiger partial charge in [0, 0.05) is 23.2 Å². The van der Waals surface area contributed by atoms with Crippen LogP contribution in [0.5, 0.6) is 0 Å². The number of H-pyrrole nitrogens is 1. The fraction of sp³-hybridized carbons (Fsp3) is 0.300. The van der Waals surface area contributed by atoms with E-state index in [-0.39, 0.29) is 5.91 Å². The van der Waals surface area contributed by atoms with Crippen molar-refractivity contribution < 1.29 is 9.21 Å². The molecule has 0 saturated heterocycles. The van der Waals surface area contributed by atoms with E-state index in [0.717, 1.165) is 41.1 Å². The zero-order chi connectivity index (χ0) is 17.6. The van der Waals surface area contributed by atoms with Crippen LogP contribution in [-0.4, -0.2) is 16.1 Å². The first kappa shape index (κ1) is 15.7. The average molecular weight is 335 g/mol. The molecule has 1 aliphatic carbocycles. The van der Waals surface area contributed by atoms with Crippen LogP contribution >= 0.6 is 0 Å². The second-order valence-electron chi connectivity index (χ2n) is 6.86. The van der Waals surface area contributed by atoms with Crippen LogP contribution in [0, 0.1) is 6.92 Å². The van der Waals surface area contributed by atoms with Gasteiger partial charge >= 0.3 is 0 Å². The Hall–Kier alpha value is -2.82. The number of fused-ring (bicyclic) bond motifs is 3. The third kappa shape index (κ3) is 2.65. The van der Waals surface area contributed by atoms with E-state index in [4.69, 9.17) is 4.42 Å². The van der Waals surface area contributed by atoms with Crippen molar-refractivity contribution in [2.45, 2.75) is 39.5 Å². The maximum absolute atomic E-state index is 12.7. The Morgan fingerprint density at radius 2 is 2.00 bits per heavy atom. The molecule has 0 saturated carbocycles. The molecule has 1 amide bonds. The number of furan rings is 1. The fourth-order valence-electron chi connectivity index (χ4n) is 3.40. The maximum atomic E-state index is 12.7. The Kier molecular flexibility index (Phi) is 3.71. The second kappa shape index (κ2) is 5.92. The van der Waals surface area contributed by atoms with Crippen molar-refractivity contribution in [1.29, 1.82) is 0 Å². The van der Waals surface area contributed by atoms with Gasteiger partial charge in [-0.2, -0.15) is 5.10 Å². The molecule has 0 spiro atoms. The van der Waals surface area contributed by atoms with E-state index in [1.807, 2.05) is 37.4 Å². The number of aromatic amines is 1. The highest BCUT2D eigenvalue weighted by Crippen LogP contribution is 2.37. The lowest BCUT2D eigenvalue weighted by Gasteiger charge is -2.09. The summed E-state index contributed by atoms with van der Waals surface area (Å²) >= 11 is 0. The summed E-state index contributed by atoms with van der Waals surface area (Å²) in [6, 6.07) is 7.94. The molecule has 0 bridgehead atoms. The second-order valence-corrected chi connectivity index (χ2v) is 6.86. The number of benzene rings is 1. The summed E-state index contributed by atoms with van der Waals surface area (Å²) in [5.41, 5.74) is 6.01. The topological polar surface area (TPSA) is 70.9 Å². The first-order chi connectivity index (χ1) is 12.0. The van der Waals surface area contributed by atoms with Crippen LogP contribution in [0.25, 0.3) is 11.3 Å². The van der Waals surface area contributed by atoms with Gasteiger partial charge in [-0.3, -0.25) is 9.89 Å². The van der Waals surface area contributed by atoms with Crippen LogP contribution in [0.1, 0.15) is 52.8 Å². The molecule has 0 fully saturated rings. The standard InChI is InChI=1S/C20H21N3O2/c1-11(2)13-4-7-15(8-5-13)22-20(24)19-12(3)17-16(25-19)9-6-14-10-21-23-18(14)17/h4-5,7-8,10-11H,6,9H2,1-3H3,(H,21,23)(H,22,24). The van der Waals surface area contributed by atoms with Gasteiger partial charge in [0.1, 0.15) is 5.76 Å². The lowest BCUT2D eigenvalue weighted by Crippen LogP contribution is -2.12. The Bertz CT molecular complexity index is 933. The zero-order valence-electron chi connectivity index (χ0n) is 14.6. The van der Waals surface area contributed by atoms with E-state index in [2.05, 4.69) is 29.4 Å². The molecule has 2 N–H and O–H groups in total. The van der Waals surface area contributed by atoms with Crippen molar-refractivity contribution in [3.8, 4) is 11.3 Å². The quantitative estimate of drug-likeness (QED) is 0.743. The predicted octanol–water partition coefficient (Wildman–Crippen LogP) is 4.45. The molecule has 5 nitrogen and oxygen atoms in total. The highest BCUT2D eigenvalue weighted by atomic mass is 16.4. The monoisotopic (exact) mass is 335 g/mol. The number of aryl methyl sites for hydroxylation is 2. The number of nitrogens with zero attached hydrogens (tertiary/aromatic N) is 1. The molecule has 1 aromatic carbocycles. The number of hydrogen-bond donors (Lipinski definition) is 2. The van der Waals surface area contributed by atoms with Gasteiger partial charge in [-0.15, -0.1) is 0 Å². The molecule has 2 aromatic heterocycles. The molecule has 0 atom stereocenters. The lowest BCUT2D eigenvalue weighted by molar-refractivity contribution is 0.0994. The minimum absolute atomic E-state index is 0.217. The molecular formula is C20H21N3O2. The van der Waals surface area contributed by atoms with Crippen LogP contribution in [0.15, 0.2) is 34.9 Å². The Balaban J connectivity index is 1.62. The number of nitrogens with one attached hydrogen (secondary N) is 2. The number of amides is 1. The summed E-state index contributed by atoms with van der Waals surface area (Å²) in [7, 11) is 0. The Morgan fingerprint density at radius 3 is 2.72 bits per heavy atom. The van der Waals surface area contributed by atoms with Crippen molar-refractivity contribution in [2.24, 2.45) is 0 Å². The van der Waals surface area contributed by atoms with Gasteiger partial charge in [-0.05, 0) is 42.5 Å². The fourth-order valence-corrected chi connectivity index (χ4v) is 3.40. The SMILES string of the molecule is Cc1c(C(=O)Nc2ccc(C(C)C)cc2)oc2c1-c1[nH]ncc1CC2. The molecule has 0 aliphatic heterocycles. The molecule has 0 radical (unpaired) electrons. The summed E-state index contributed by atoms with van der Waals surface area (Å²) in [5, 5.41) is 10.1. The Morgan fingerprint density at radius 1 is 1.24 bits per heavy atom. The van der Waals surface area contributed by atoms with Crippen molar-refractivity contribution in [2.75, 3.05) is 5.32 Å². The van der Waals surface area contributed by atoms with Gasteiger partial charge in [0.05, 0.1) is 11.9 Å². The number of rotatable bonds is 3. The molecule has 128 valence electrons. The predicted molar refractivity (Wildman–Crippen MR) is 96.9 cm³/mol. The van der Waals surface area contributed by atoms with Crippen molar-refractivity contribution >= 4 is 11.6 Å². The summed E-state index contributed by atoms with van der Waals surface area (Å²) in [4.78, 5) is 12.7. The molecule has 25 heavy (non-hydrogen) atoms. The lowest BCUT2D eigenvalue weighted by atomic mass is 9.93. The highest BCUT2D eigenvalue weighted by molar-refractivity contribution is 6.04. The van der Waals surface area contributed by atoms with Gasteiger partial charge in [0.2, 0.25) is 0 Å². The smallest absolute Gasteiger partial charge is 0.291 e. The van der Waals surface area contributed by atoms with E-state index >= 15 is 0 Å². The van der Waals surface area contributed by atoms with Crippen molar-refractivity contribution in [1.82, 2.24) is 10.2 Å². The largest absolute Gasteiger partial charge is 0.455 e. The summed E-state index contributed by atoms with van der Waals surface area (Å²) < 4.78 is 5.90. The van der Waals surface area contributed by atoms with Gasteiger partial charge in [-0.1, -0.05) is 26.0 Å². The maximum Gasteiger partial charge on any atom is 0.291 e. The minimum Gasteiger partial charge on any atom is -0.455 e. The van der Waals surface area contributed by atoms with E-state index in [1.54, 1.807) is 0 Å². The van der Waals surface area contributed by atoms with Gasteiger partial charge < -0.3 is 9.73 Å². The van der Waals surface area contributed by atoms with Gasteiger partial charge in [-0.25, -0.2) is 0 Å². The molecular weight excluding hydrogens is 314 g/mol. The highest BCUT2D eigenvalue weighted by Gasteiger charge is 2.28. The molecule has 2 heterocycles. The first-order valence-corrected chi connectivity index (χ1v) is 8.60.